The van der Waals surface area contributed by atoms with E-state index in [0.717, 1.165) is 12.8 Å². The van der Waals surface area contributed by atoms with Gasteiger partial charge in [-0.1, -0.05) is 38.2 Å². The fourth-order valence-electron chi connectivity index (χ4n) is 5.62. The van der Waals surface area contributed by atoms with Gasteiger partial charge in [-0.2, -0.15) is 0 Å². The molecule has 2 nitrogen and oxygen atoms in total. The molecule has 2 heteroatoms. The molecule has 0 aromatic heterocycles. The second kappa shape index (κ2) is 5.55. The largest absolute Gasteiger partial charge is 0.239 e. The smallest absolute Gasteiger partial charge is 0.116 e. The van der Waals surface area contributed by atoms with E-state index in [1.54, 1.807) is 7.11 Å². The lowest BCUT2D eigenvalue weighted by molar-refractivity contribution is -0.395. The lowest BCUT2D eigenvalue weighted by Crippen LogP contribution is -2.60. The number of hydrogen-bond acceptors (Lipinski definition) is 2. The molecule has 3 fully saturated rings. The van der Waals surface area contributed by atoms with Gasteiger partial charge in [-0.05, 0) is 62.2 Å². The summed E-state index contributed by atoms with van der Waals surface area (Å²) in [6, 6.07) is 0. The van der Waals surface area contributed by atoms with E-state index in [-0.39, 0.29) is 5.60 Å². The molecule has 0 radical (unpaired) electrons. The average molecular weight is 290 g/mol. The van der Waals surface area contributed by atoms with Crippen molar-refractivity contribution in [3.63, 3.8) is 0 Å². The quantitative estimate of drug-likeness (QED) is 0.408. The van der Waals surface area contributed by atoms with Crippen molar-refractivity contribution < 1.29 is 9.78 Å². The zero-order chi connectivity index (χ0) is 15.2. The third-order valence-electron chi connectivity index (χ3n) is 6.65. The third-order valence-corrected chi connectivity index (χ3v) is 6.65. The molecule has 0 N–H and O–H groups in total. The molecule has 6 atom stereocenters. The van der Waals surface area contributed by atoms with Crippen molar-refractivity contribution in [3.8, 4) is 0 Å². The molecule has 3 rings (SSSR count). The van der Waals surface area contributed by atoms with E-state index < -0.39 is 0 Å². The second-order valence-corrected chi connectivity index (χ2v) is 7.72. The van der Waals surface area contributed by atoms with Gasteiger partial charge >= 0.3 is 0 Å². The monoisotopic (exact) mass is 290 g/mol. The Kier molecular flexibility index (Phi) is 4.04. The van der Waals surface area contributed by atoms with Gasteiger partial charge in [0.1, 0.15) is 5.60 Å². The van der Waals surface area contributed by atoms with Crippen LogP contribution in [0.25, 0.3) is 0 Å². The topological polar surface area (TPSA) is 18.5 Å². The minimum absolute atomic E-state index is 0.157. The van der Waals surface area contributed by atoms with Gasteiger partial charge in [-0.15, -0.1) is 0 Å². The first-order valence-corrected chi connectivity index (χ1v) is 8.57. The fraction of sp³-hybridized carbons (Fsp3) is 0.789. The Labute approximate surface area is 129 Å². The maximum Gasteiger partial charge on any atom is 0.116 e. The lowest BCUT2D eigenvalue weighted by atomic mass is 9.51. The fourth-order valence-corrected chi connectivity index (χ4v) is 5.62. The van der Waals surface area contributed by atoms with Crippen LogP contribution in [0.15, 0.2) is 24.3 Å². The summed E-state index contributed by atoms with van der Waals surface area (Å²) in [6.07, 6.45) is 7.09. The van der Waals surface area contributed by atoms with Crippen LogP contribution in [0.4, 0.5) is 0 Å². The summed E-state index contributed by atoms with van der Waals surface area (Å²) in [5.41, 5.74) is 2.64. The van der Waals surface area contributed by atoms with Crippen molar-refractivity contribution in [3.05, 3.63) is 24.3 Å². The van der Waals surface area contributed by atoms with Crippen molar-refractivity contribution in [1.82, 2.24) is 0 Å². The maximum atomic E-state index is 6.16. The molecule has 3 saturated carbocycles. The van der Waals surface area contributed by atoms with Crippen molar-refractivity contribution in [2.45, 2.75) is 58.0 Å². The van der Waals surface area contributed by atoms with Gasteiger partial charge in [-0.3, -0.25) is 0 Å². The highest BCUT2D eigenvalue weighted by atomic mass is 17.2. The van der Waals surface area contributed by atoms with Gasteiger partial charge in [0.2, 0.25) is 0 Å². The minimum Gasteiger partial charge on any atom is -0.239 e. The van der Waals surface area contributed by atoms with Gasteiger partial charge < -0.3 is 0 Å². The molecule has 0 bridgehead atoms. The van der Waals surface area contributed by atoms with E-state index in [4.69, 9.17) is 9.78 Å². The third kappa shape index (κ3) is 2.22. The number of allylic oxidation sites excluding steroid dienone is 1. The molecular weight excluding hydrogens is 260 g/mol. The summed E-state index contributed by atoms with van der Waals surface area (Å²) in [5.74, 6) is 2.85. The van der Waals surface area contributed by atoms with E-state index in [2.05, 4.69) is 27.0 Å². The van der Waals surface area contributed by atoms with Crippen molar-refractivity contribution in [2.24, 2.45) is 29.6 Å². The van der Waals surface area contributed by atoms with Crippen LogP contribution in [-0.4, -0.2) is 12.7 Å². The minimum atomic E-state index is -0.157. The Bertz CT molecular complexity index is 441. The van der Waals surface area contributed by atoms with Crippen molar-refractivity contribution in [2.75, 3.05) is 7.11 Å². The molecule has 3 aliphatic rings. The zero-order valence-electron chi connectivity index (χ0n) is 13.9. The molecule has 0 saturated heterocycles. The molecular formula is C19H30O2. The average Bonchev–Trinajstić information content (AvgIpc) is 2.57. The van der Waals surface area contributed by atoms with Crippen LogP contribution in [0.1, 0.15) is 52.4 Å². The van der Waals surface area contributed by atoms with Crippen LogP contribution in [0.2, 0.25) is 0 Å². The Hall–Kier alpha value is -0.600. The van der Waals surface area contributed by atoms with E-state index >= 15 is 0 Å². The molecule has 0 spiro atoms. The SMILES string of the molecule is C=C1CC[C@H]2[C@H](C)CCC3C(=C)C(C)C[C@H](C1)[C@]32OOC. The highest BCUT2D eigenvalue weighted by Gasteiger charge is 2.60. The normalized spacial score (nSPS) is 46.9. The molecule has 0 aromatic rings. The molecule has 0 aromatic carbocycles. The Morgan fingerprint density at radius 2 is 1.90 bits per heavy atom. The van der Waals surface area contributed by atoms with Crippen LogP contribution < -0.4 is 0 Å². The summed E-state index contributed by atoms with van der Waals surface area (Å²) in [5, 5.41) is 0. The van der Waals surface area contributed by atoms with Crippen LogP contribution in [-0.2, 0) is 9.78 Å². The van der Waals surface area contributed by atoms with E-state index in [9.17, 15) is 0 Å². The maximum absolute atomic E-state index is 6.16. The predicted octanol–water partition coefficient (Wildman–Crippen LogP) is 4.92. The molecule has 0 aliphatic heterocycles. The molecule has 21 heavy (non-hydrogen) atoms. The first kappa shape index (κ1) is 15.3. The number of rotatable bonds is 2. The molecule has 0 heterocycles. The second-order valence-electron chi connectivity index (χ2n) is 7.72. The summed E-state index contributed by atoms with van der Waals surface area (Å²) in [6.45, 7) is 13.5. The zero-order valence-corrected chi connectivity index (χ0v) is 13.9. The van der Waals surface area contributed by atoms with Crippen LogP contribution in [0.3, 0.4) is 0 Å². The Balaban J connectivity index is 2.09. The highest BCUT2D eigenvalue weighted by Crippen LogP contribution is 2.60. The van der Waals surface area contributed by atoms with E-state index in [0.29, 0.717) is 29.6 Å². The van der Waals surface area contributed by atoms with Gasteiger partial charge in [0.05, 0.1) is 7.11 Å². The standard InChI is InChI=1S/C19H30O2/c1-12-6-8-17-13(2)7-9-18-15(4)14(3)11-16(10-12)19(17,18)21-20-5/h13-14,16-18H,1,4,6-11H2,2-3,5H3/t13-,14?,16+,17+,18?,19-/m1/s1. The highest BCUT2D eigenvalue weighted by molar-refractivity contribution is 5.24. The van der Waals surface area contributed by atoms with Gasteiger partial charge in [0.15, 0.2) is 0 Å². The first-order valence-electron chi connectivity index (χ1n) is 8.57. The summed E-state index contributed by atoms with van der Waals surface area (Å²) >= 11 is 0. The molecule has 2 unspecified atom stereocenters. The van der Waals surface area contributed by atoms with Gasteiger partial charge in [-0.25, -0.2) is 9.78 Å². The Morgan fingerprint density at radius 1 is 1.14 bits per heavy atom. The van der Waals surface area contributed by atoms with E-state index in [1.165, 1.54) is 36.8 Å². The van der Waals surface area contributed by atoms with Gasteiger partial charge in [0, 0.05) is 5.92 Å². The summed E-state index contributed by atoms with van der Waals surface area (Å²) < 4.78 is 0. The predicted molar refractivity (Wildman–Crippen MR) is 85.6 cm³/mol. The first-order chi connectivity index (χ1) is 10.0. The van der Waals surface area contributed by atoms with Crippen LogP contribution in [0.5, 0.6) is 0 Å². The number of hydrogen-bond donors (Lipinski definition) is 0. The van der Waals surface area contributed by atoms with Crippen molar-refractivity contribution >= 4 is 0 Å². The van der Waals surface area contributed by atoms with Crippen LogP contribution >= 0.6 is 0 Å². The molecule has 118 valence electrons. The molecule has 0 amide bonds. The lowest BCUT2D eigenvalue weighted by Gasteiger charge is -2.58. The van der Waals surface area contributed by atoms with Gasteiger partial charge in [0.25, 0.3) is 0 Å². The van der Waals surface area contributed by atoms with Crippen LogP contribution in [0, 0.1) is 29.6 Å². The Morgan fingerprint density at radius 3 is 2.62 bits per heavy atom. The van der Waals surface area contributed by atoms with Crippen molar-refractivity contribution in [1.29, 1.82) is 0 Å². The van der Waals surface area contributed by atoms with E-state index in [1.807, 2.05) is 0 Å². The summed E-state index contributed by atoms with van der Waals surface area (Å²) in [4.78, 5) is 11.5. The molecule has 3 aliphatic carbocycles. The summed E-state index contributed by atoms with van der Waals surface area (Å²) in [7, 11) is 1.67.